The minimum absolute atomic E-state index is 0.0180. The number of aliphatic carboxylic acids is 1. The molecular weight excluding hydrogens is 490 g/mol. The molecular formula is C20H31N3O7S3. The highest BCUT2D eigenvalue weighted by Gasteiger charge is 2.49. The van der Waals surface area contributed by atoms with Crippen LogP contribution in [0.1, 0.15) is 51.9 Å². The first kappa shape index (κ1) is 26.1. The maximum atomic E-state index is 13.5. The molecule has 1 aliphatic heterocycles. The van der Waals surface area contributed by atoms with Gasteiger partial charge in [-0.25, -0.2) is 16.8 Å². The number of carbonyl (C=O) groups is 2. The second-order valence-corrected chi connectivity index (χ2v) is 13.6. The van der Waals surface area contributed by atoms with E-state index < -0.39 is 44.1 Å². The highest BCUT2D eigenvalue weighted by atomic mass is 32.2. The van der Waals surface area contributed by atoms with Crippen LogP contribution in [0.3, 0.4) is 0 Å². The van der Waals surface area contributed by atoms with Gasteiger partial charge in [-0.1, -0.05) is 32.3 Å². The van der Waals surface area contributed by atoms with Gasteiger partial charge < -0.3 is 10.4 Å². The van der Waals surface area contributed by atoms with Gasteiger partial charge in [-0.2, -0.15) is 8.61 Å². The standard InChI is InChI=1S/C20H31N3O7S3/c1-2-13-32(27,28)22-10-11-23(33(29,30)18-9-6-12-31-18)20(22)19(26)21-16(14-17(24)25)15-7-4-3-5-8-15/h6,9,12,15-16,20H,2-5,7-8,10-11,13-14H2,1H3,(H,21,26)(H,24,25). The molecule has 33 heavy (non-hydrogen) atoms. The topological polar surface area (TPSA) is 141 Å². The van der Waals surface area contributed by atoms with Gasteiger partial charge in [-0.05, 0) is 36.6 Å². The number of amides is 1. The zero-order valence-corrected chi connectivity index (χ0v) is 21.0. The molecule has 2 unspecified atom stereocenters. The Morgan fingerprint density at radius 2 is 1.82 bits per heavy atom. The van der Waals surface area contributed by atoms with Crippen molar-refractivity contribution in [3.8, 4) is 0 Å². The number of sulfonamides is 2. The van der Waals surface area contributed by atoms with Crippen molar-refractivity contribution in [2.45, 2.75) is 68.3 Å². The van der Waals surface area contributed by atoms with E-state index in [9.17, 15) is 31.5 Å². The summed E-state index contributed by atoms with van der Waals surface area (Å²) in [6, 6.07) is 2.28. The van der Waals surface area contributed by atoms with Crippen molar-refractivity contribution in [2.75, 3.05) is 18.8 Å². The van der Waals surface area contributed by atoms with Crippen molar-refractivity contribution in [3.05, 3.63) is 17.5 Å². The summed E-state index contributed by atoms with van der Waals surface area (Å²) in [7, 11) is -8.01. The lowest BCUT2D eigenvalue weighted by Gasteiger charge is -2.33. The summed E-state index contributed by atoms with van der Waals surface area (Å²) in [6.45, 7) is 1.39. The molecule has 13 heteroatoms. The van der Waals surface area contributed by atoms with E-state index in [1.807, 2.05) is 0 Å². The molecule has 2 heterocycles. The Morgan fingerprint density at radius 3 is 2.39 bits per heavy atom. The molecule has 0 radical (unpaired) electrons. The van der Waals surface area contributed by atoms with Gasteiger partial charge in [0.15, 0.2) is 6.17 Å². The predicted molar refractivity (Wildman–Crippen MR) is 124 cm³/mol. The van der Waals surface area contributed by atoms with E-state index >= 15 is 0 Å². The van der Waals surface area contributed by atoms with Crippen molar-refractivity contribution in [3.63, 3.8) is 0 Å². The summed E-state index contributed by atoms with van der Waals surface area (Å²) >= 11 is 0.987. The monoisotopic (exact) mass is 521 g/mol. The fraction of sp³-hybridized carbons (Fsp3) is 0.700. The van der Waals surface area contributed by atoms with Crippen LogP contribution in [0.25, 0.3) is 0 Å². The number of carboxylic acid groups (broad SMARTS) is 1. The molecule has 1 aromatic rings. The lowest BCUT2D eigenvalue weighted by atomic mass is 9.82. The highest BCUT2D eigenvalue weighted by Crippen LogP contribution is 2.31. The average molecular weight is 522 g/mol. The number of carbonyl (C=O) groups excluding carboxylic acids is 1. The normalized spacial score (nSPS) is 22.3. The van der Waals surface area contributed by atoms with Crippen molar-refractivity contribution >= 4 is 43.3 Å². The van der Waals surface area contributed by atoms with E-state index in [0.717, 1.165) is 52.1 Å². The molecule has 0 bridgehead atoms. The molecule has 2 N–H and O–H groups in total. The molecule has 1 saturated heterocycles. The zero-order valence-electron chi connectivity index (χ0n) is 18.6. The van der Waals surface area contributed by atoms with Gasteiger partial charge in [0, 0.05) is 19.1 Å². The van der Waals surface area contributed by atoms with E-state index in [2.05, 4.69) is 5.32 Å². The Morgan fingerprint density at radius 1 is 1.15 bits per heavy atom. The average Bonchev–Trinajstić information content (AvgIpc) is 3.44. The Balaban J connectivity index is 1.94. The van der Waals surface area contributed by atoms with Crippen LogP contribution in [0.2, 0.25) is 0 Å². The van der Waals surface area contributed by atoms with E-state index in [1.165, 1.54) is 6.07 Å². The van der Waals surface area contributed by atoms with Crippen molar-refractivity contribution in [2.24, 2.45) is 5.92 Å². The second kappa shape index (κ2) is 10.8. The molecule has 3 rings (SSSR count). The van der Waals surface area contributed by atoms with Gasteiger partial charge in [0.2, 0.25) is 10.0 Å². The van der Waals surface area contributed by atoms with Crippen molar-refractivity contribution in [1.82, 2.24) is 13.9 Å². The first-order chi connectivity index (χ1) is 15.6. The summed E-state index contributed by atoms with van der Waals surface area (Å²) < 4.78 is 54.2. The van der Waals surface area contributed by atoms with Crippen molar-refractivity contribution in [1.29, 1.82) is 0 Å². The molecule has 186 valence electrons. The SMILES string of the molecule is CCCS(=O)(=O)N1CCN(S(=O)(=O)c2cccs2)C1C(=O)NC(CC(=O)O)C1CCCCC1. The fourth-order valence-corrected chi connectivity index (χ4v) is 8.96. The molecule has 2 fully saturated rings. The largest absolute Gasteiger partial charge is 0.481 e. The van der Waals surface area contributed by atoms with Gasteiger partial charge in [0.05, 0.1) is 12.2 Å². The minimum atomic E-state index is -4.11. The molecule has 2 atom stereocenters. The van der Waals surface area contributed by atoms with Crippen LogP contribution in [0.15, 0.2) is 21.7 Å². The Hall–Kier alpha value is -1.54. The minimum Gasteiger partial charge on any atom is -0.481 e. The van der Waals surface area contributed by atoms with Gasteiger partial charge >= 0.3 is 5.97 Å². The quantitative estimate of drug-likeness (QED) is 0.477. The fourth-order valence-electron chi connectivity index (χ4n) is 4.61. The molecule has 10 nitrogen and oxygen atoms in total. The van der Waals surface area contributed by atoms with Crippen LogP contribution < -0.4 is 5.32 Å². The van der Waals surface area contributed by atoms with E-state index in [4.69, 9.17) is 0 Å². The van der Waals surface area contributed by atoms with Crippen molar-refractivity contribution < 1.29 is 31.5 Å². The number of nitrogens with zero attached hydrogens (tertiary/aromatic N) is 2. The van der Waals surface area contributed by atoms with Gasteiger partial charge in [-0.15, -0.1) is 11.3 Å². The van der Waals surface area contributed by atoms with Crippen LogP contribution in [0.5, 0.6) is 0 Å². The third kappa shape index (κ3) is 5.94. The van der Waals surface area contributed by atoms with Crippen LogP contribution in [-0.4, -0.2) is 73.5 Å². The second-order valence-electron chi connectivity index (χ2n) is 8.46. The first-order valence-corrected chi connectivity index (χ1v) is 15.1. The maximum absolute atomic E-state index is 13.5. The van der Waals surface area contributed by atoms with Crippen LogP contribution in [0, 0.1) is 5.92 Å². The third-order valence-electron chi connectivity index (χ3n) is 6.14. The van der Waals surface area contributed by atoms with Gasteiger partial charge in [0.25, 0.3) is 15.9 Å². The van der Waals surface area contributed by atoms with E-state index in [-0.39, 0.29) is 35.4 Å². The molecule has 1 aliphatic carbocycles. The molecule has 2 aliphatic rings. The number of rotatable bonds is 10. The van der Waals surface area contributed by atoms with Gasteiger partial charge in [0.1, 0.15) is 4.21 Å². The predicted octanol–water partition coefficient (Wildman–Crippen LogP) is 1.66. The summed E-state index contributed by atoms with van der Waals surface area (Å²) in [4.78, 5) is 24.9. The Labute approximate surface area is 199 Å². The lowest BCUT2D eigenvalue weighted by molar-refractivity contribution is -0.138. The summed E-state index contributed by atoms with van der Waals surface area (Å²) in [5.41, 5.74) is 0. The third-order valence-corrected chi connectivity index (χ3v) is 11.4. The summed E-state index contributed by atoms with van der Waals surface area (Å²) in [6.07, 6.45) is 2.84. The molecule has 1 amide bonds. The smallest absolute Gasteiger partial charge is 0.305 e. The summed E-state index contributed by atoms with van der Waals surface area (Å²) in [5, 5.41) is 13.7. The molecule has 0 aromatic carbocycles. The van der Waals surface area contributed by atoms with E-state index in [0.29, 0.717) is 6.42 Å². The van der Waals surface area contributed by atoms with E-state index in [1.54, 1.807) is 18.4 Å². The zero-order chi connectivity index (χ0) is 24.2. The number of carboxylic acids is 1. The number of hydrogen-bond acceptors (Lipinski definition) is 7. The maximum Gasteiger partial charge on any atom is 0.305 e. The number of thiophene rings is 1. The molecule has 0 spiro atoms. The Kier molecular flexibility index (Phi) is 8.54. The highest BCUT2D eigenvalue weighted by molar-refractivity contribution is 7.91. The number of hydrogen-bond donors (Lipinski definition) is 2. The number of nitrogens with one attached hydrogen (secondary N) is 1. The van der Waals surface area contributed by atoms with Gasteiger partial charge in [-0.3, -0.25) is 9.59 Å². The molecule has 1 aromatic heterocycles. The van der Waals surface area contributed by atoms with Crippen LogP contribution in [-0.2, 0) is 29.6 Å². The first-order valence-electron chi connectivity index (χ1n) is 11.1. The van der Waals surface area contributed by atoms with Crippen LogP contribution in [0.4, 0.5) is 0 Å². The Bertz CT molecular complexity index is 1030. The molecule has 1 saturated carbocycles. The van der Waals surface area contributed by atoms with Crippen LogP contribution >= 0.6 is 11.3 Å². The summed E-state index contributed by atoms with van der Waals surface area (Å²) in [5.74, 6) is -2.14. The lowest BCUT2D eigenvalue weighted by Crippen LogP contribution is -2.57.